The van der Waals surface area contributed by atoms with E-state index >= 15 is 0 Å². The van der Waals surface area contributed by atoms with Crippen molar-refractivity contribution in [2.75, 3.05) is 38.2 Å². The normalized spacial score (nSPS) is 15.4. The predicted molar refractivity (Wildman–Crippen MR) is 90.3 cm³/mol. The Morgan fingerprint density at radius 3 is 2.58 bits per heavy atom. The molecule has 8 heteroatoms. The number of nitrogens with zero attached hydrogens (tertiary/aromatic N) is 3. The summed E-state index contributed by atoms with van der Waals surface area (Å²) in [5.41, 5.74) is 5.21. The van der Waals surface area contributed by atoms with E-state index in [2.05, 4.69) is 10.4 Å². The fraction of sp³-hybridized carbons (Fsp3) is 0.688. The molecule has 2 rings (SSSR count). The molecule has 0 atom stereocenters. The smallest absolute Gasteiger partial charge is 0.244 e. The molecular weight excluding hydrogens is 310 g/mol. The van der Waals surface area contributed by atoms with Gasteiger partial charge in [0.25, 0.3) is 0 Å². The van der Waals surface area contributed by atoms with Crippen LogP contribution in [0.1, 0.15) is 26.7 Å². The van der Waals surface area contributed by atoms with E-state index in [0.717, 1.165) is 0 Å². The second-order valence-corrected chi connectivity index (χ2v) is 6.04. The van der Waals surface area contributed by atoms with Gasteiger partial charge in [-0.15, -0.1) is 0 Å². The third-order valence-electron chi connectivity index (χ3n) is 4.77. The minimum absolute atomic E-state index is 0.00213. The van der Waals surface area contributed by atoms with Crippen molar-refractivity contribution in [3.05, 3.63) is 12.3 Å². The zero-order valence-corrected chi connectivity index (χ0v) is 14.5. The molecule has 1 aliphatic rings. The summed E-state index contributed by atoms with van der Waals surface area (Å²) in [6, 6.07) is 1.69. The number of carbonyl (C=O) groups excluding carboxylic acids is 2. The first-order valence-electron chi connectivity index (χ1n) is 8.45. The molecule has 24 heavy (non-hydrogen) atoms. The molecule has 1 aromatic heterocycles. The van der Waals surface area contributed by atoms with Gasteiger partial charge in [0.15, 0.2) is 5.82 Å². The van der Waals surface area contributed by atoms with Crippen LogP contribution in [0.4, 0.5) is 5.82 Å². The lowest BCUT2D eigenvalue weighted by molar-refractivity contribution is -0.136. The number of rotatable bonds is 7. The highest BCUT2D eigenvalue weighted by Crippen LogP contribution is 2.26. The number of aromatic nitrogens is 2. The third-order valence-corrected chi connectivity index (χ3v) is 4.77. The van der Waals surface area contributed by atoms with Crippen LogP contribution in [0.25, 0.3) is 0 Å². The highest BCUT2D eigenvalue weighted by atomic mass is 16.5. The van der Waals surface area contributed by atoms with Gasteiger partial charge in [-0.3, -0.25) is 14.3 Å². The second-order valence-electron chi connectivity index (χ2n) is 6.04. The maximum absolute atomic E-state index is 12.5. The summed E-state index contributed by atoms with van der Waals surface area (Å²) in [6.45, 7) is 6.71. The van der Waals surface area contributed by atoms with Gasteiger partial charge in [0.2, 0.25) is 11.8 Å². The van der Waals surface area contributed by atoms with E-state index in [1.807, 2.05) is 13.8 Å². The standard InChI is InChI=1S/C16H27N5O3/c1-3-16(4-2,12-17)15(23)18-13-5-6-21(19-13)11-14(22)20-7-9-24-10-8-20/h5-6H,3-4,7-12,17H2,1-2H3,(H,18,19,23). The van der Waals surface area contributed by atoms with Gasteiger partial charge in [-0.2, -0.15) is 5.10 Å². The largest absolute Gasteiger partial charge is 0.378 e. The van der Waals surface area contributed by atoms with Gasteiger partial charge in [0, 0.05) is 31.9 Å². The number of nitrogens with two attached hydrogens (primary N) is 1. The van der Waals surface area contributed by atoms with E-state index in [0.29, 0.717) is 51.5 Å². The molecule has 0 unspecified atom stereocenters. The minimum Gasteiger partial charge on any atom is -0.378 e. The average molecular weight is 337 g/mol. The molecule has 0 radical (unpaired) electrons. The lowest BCUT2D eigenvalue weighted by Crippen LogP contribution is -2.42. The second kappa shape index (κ2) is 8.25. The van der Waals surface area contributed by atoms with Crippen LogP contribution in [0.2, 0.25) is 0 Å². The Hall–Kier alpha value is -1.93. The maximum Gasteiger partial charge on any atom is 0.244 e. The SMILES string of the molecule is CCC(CC)(CN)C(=O)Nc1ccn(CC(=O)N2CCOCC2)n1. The van der Waals surface area contributed by atoms with E-state index in [9.17, 15) is 9.59 Å². The molecule has 0 bridgehead atoms. The Kier molecular flexibility index (Phi) is 6.33. The van der Waals surface area contributed by atoms with Crippen LogP contribution in [-0.2, 0) is 20.9 Å². The number of carbonyl (C=O) groups is 2. The Morgan fingerprint density at radius 2 is 2.00 bits per heavy atom. The van der Waals surface area contributed by atoms with Gasteiger partial charge in [-0.1, -0.05) is 13.8 Å². The summed E-state index contributed by atoms with van der Waals surface area (Å²) in [4.78, 5) is 26.4. The number of anilines is 1. The monoisotopic (exact) mass is 337 g/mol. The summed E-state index contributed by atoms with van der Waals surface area (Å²) in [5, 5.41) is 7.08. The van der Waals surface area contributed by atoms with Crippen LogP contribution in [0.3, 0.4) is 0 Å². The molecular formula is C16H27N5O3. The molecule has 2 heterocycles. The quantitative estimate of drug-likeness (QED) is 0.752. The number of nitrogens with one attached hydrogen (secondary N) is 1. The molecule has 8 nitrogen and oxygen atoms in total. The van der Waals surface area contributed by atoms with E-state index in [-0.39, 0.29) is 18.4 Å². The van der Waals surface area contributed by atoms with Crippen molar-refractivity contribution >= 4 is 17.6 Å². The lowest BCUT2D eigenvalue weighted by atomic mass is 9.81. The molecule has 134 valence electrons. The Labute approximate surface area is 142 Å². The minimum atomic E-state index is -0.576. The first-order valence-corrected chi connectivity index (χ1v) is 8.45. The van der Waals surface area contributed by atoms with Crippen LogP contribution >= 0.6 is 0 Å². The van der Waals surface area contributed by atoms with Gasteiger partial charge < -0.3 is 20.7 Å². The average Bonchev–Trinajstić information content (AvgIpc) is 3.04. The fourth-order valence-corrected chi connectivity index (χ4v) is 2.77. The van der Waals surface area contributed by atoms with Gasteiger partial charge in [0.1, 0.15) is 6.54 Å². The Balaban J connectivity index is 1.95. The van der Waals surface area contributed by atoms with Crippen LogP contribution in [0, 0.1) is 5.41 Å². The Morgan fingerprint density at radius 1 is 1.33 bits per heavy atom. The molecule has 1 aliphatic heterocycles. The van der Waals surface area contributed by atoms with Crippen LogP contribution in [0.5, 0.6) is 0 Å². The van der Waals surface area contributed by atoms with E-state index in [4.69, 9.17) is 10.5 Å². The zero-order chi connectivity index (χ0) is 17.6. The predicted octanol–water partition coefficient (Wildman–Crippen LogP) is 0.446. The van der Waals surface area contributed by atoms with E-state index in [1.54, 1.807) is 17.2 Å². The van der Waals surface area contributed by atoms with Gasteiger partial charge in [-0.05, 0) is 12.8 Å². The molecule has 1 saturated heterocycles. The lowest BCUT2D eigenvalue weighted by Gasteiger charge is -2.28. The molecule has 2 amide bonds. The van der Waals surface area contributed by atoms with E-state index in [1.165, 1.54) is 4.68 Å². The van der Waals surface area contributed by atoms with Crippen molar-refractivity contribution in [3.63, 3.8) is 0 Å². The zero-order valence-electron chi connectivity index (χ0n) is 14.5. The highest BCUT2D eigenvalue weighted by Gasteiger charge is 2.33. The van der Waals surface area contributed by atoms with Gasteiger partial charge in [-0.25, -0.2) is 0 Å². The van der Waals surface area contributed by atoms with Crippen molar-refractivity contribution in [2.45, 2.75) is 33.2 Å². The highest BCUT2D eigenvalue weighted by molar-refractivity contribution is 5.94. The molecule has 0 aliphatic carbocycles. The third kappa shape index (κ3) is 4.12. The summed E-state index contributed by atoms with van der Waals surface area (Å²) < 4.78 is 6.77. The maximum atomic E-state index is 12.5. The molecule has 0 aromatic carbocycles. The summed E-state index contributed by atoms with van der Waals surface area (Å²) in [7, 11) is 0. The molecule has 0 spiro atoms. The number of morpholine rings is 1. The number of ether oxygens (including phenoxy) is 1. The molecule has 3 N–H and O–H groups in total. The first-order chi connectivity index (χ1) is 11.5. The van der Waals surface area contributed by atoms with Crippen LogP contribution < -0.4 is 11.1 Å². The molecule has 0 saturated carbocycles. The van der Waals surface area contributed by atoms with Crippen LogP contribution in [-0.4, -0.2) is 59.3 Å². The van der Waals surface area contributed by atoms with E-state index < -0.39 is 5.41 Å². The summed E-state index contributed by atoms with van der Waals surface area (Å²) in [6.07, 6.45) is 3.03. The number of amides is 2. The van der Waals surface area contributed by atoms with Crippen molar-refractivity contribution in [1.29, 1.82) is 0 Å². The van der Waals surface area contributed by atoms with Crippen LogP contribution in [0.15, 0.2) is 12.3 Å². The molecule has 1 aromatic rings. The Bertz CT molecular complexity index is 554. The molecule has 1 fully saturated rings. The number of hydrogen-bond acceptors (Lipinski definition) is 5. The van der Waals surface area contributed by atoms with Crippen molar-refractivity contribution in [3.8, 4) is 0 Å². The summed E-state index contributed by atoms with van der Waals surface area (Å²) >= 11 is 0. The van der Waals surface area contributed by atoms with Crippen molar-refractivity contribution in [2.24, 2.45) is 11.1 Å². The number of hydrogen-bond donors (Lipinski definition) is 2. The first kappa shape index (κ1) is 18.4. The fourth-order valence-electron chi connectivity index (χ4n) is 2.77. The van der Waals surface area contributed by atoms with Gasteiger partial charge >= 0.3 is 0 Å². The van der Waals surface area contributed by atoms with Gasteiger partial charge in [0.05, 0.1) is 18.6 Å². The topological polar surface area (TPSA) is 102 Å². The summed E-state index contributed by atoms with van der Waals surface area (Å²) in [5.74, 6) is 0.312. The van der Waals surface area contributed by atoms with Crippen molar-refractivity contribution < 1.29 is 14.3 Å². The van der Waals surface area contributed by atoms with Crippen molar-refractivity contribution in [1.82, 2.24) is 14.7 Å².